The second-order valence-corrected chi connectivity index (χ2v) is 17.4. The molecule has 0 amide bonds. The van der Waals surface area contributed by atoms with Crippen LogP contribution in [0.2, 0.25) is 0 Å². The van der Waals surface area contributed by atoms with Crippen molar-refractivity contribution in [1.29, 1.82) is 0 Å². The highest BCUT2D eigenvalue weighted by atomic mass is 31.2. The number of quaternary nitrogens is 1. The quantitative estimate of drug-likeness (QED) is 0.0197. The van der Waals surface area contributed by atoms with Crippen molar-refractivity contribution in [1.82, 2.24) is 0 Å². The van der Waals surface area contributed by atoms with E-state index in [1.807, 2.05) is 27.2 Å². The number of nitrogens with zero attached hydrogens (tertiary/aromatic N) is 1. The van der Waals surface area contributed by atoms with Crippen molar-refractivity contribution in [3.8, 4) is 0 Å². The first-order valence-corrected chi connectivity index (χ1v) is 24.4. The monoisotopic (exact) mass is 858 g/mol. The molecule has 10 heteroatoms. The Morgan fingerprint density at radius 2 is 0.967 bits per heavy atom. The van der Waals surface area contributed by atoms with Crippen LogP contribution in [-0.4, -0.2) is 70.0 Å². The van der Waals surface area contributed by atoms with Gasteiger partial charge in [-0.25, -0.2) is 0 Å². The third kappa shape index (κ3) is 44.5. The summed E-state index contributed by atoms with van der Waals surface area (Å²) in [5.74, 6) is -0.924. The number of carbonyl (C=O) groups excluding carboxylic acids is 2. The fourth-order valence-electron chi connectivity index (χ4n) is 5.52. The minimum atomic E-state index is -4.65. The Labute approximate surface area is 366 Å². The van der Waals surface area contributed by atoms with Gasteiger partial charge in [0.2, 0.25) is 0 Å². The van der Waals surface area contributed by atoms with Crippen LogP contribution < -0.4 is 4.89 Å². The molecule has 342 valence electrons. The van der Waals surface area contributed by atoms with Crippen LogP contribution in [0.1, 0.15) is 155 Å². The third-order valence-electron chi connectivity index (χ3n) is 9.09. The maximum absolute atomic E-state index is 12.7. The molecule has 0 aliphatic rings. The zero-order chi connectivity index (χ0) is 44.3. The number of ether oxygens (including phenoxy) is 2. The standard InChI is InChI=1S/C50H84NO8P/c1-6-8-10-12-14-16-18-20-21-22-23-24-25-26-27-28-29-31-33-35-37-39-41-43-50(53)59-48(47-58-60(54,55)57-45-44-51(3,4)5)46-56-49(52)42-40-38-36-34-32-30-19-17-15-13-11-9-7-2/h8,10,14,16-17,19-21,23-24,26-27,29,31,35,37,48H,6-7,9,11-13,15,18,22,25,28,30,32-34,36,38-47H2,1-5H3/b10-8-,16-14-,19-17-,21-20-,24-23-,27-26-,31-29-,37-35-. The lowest BCUT2D eigenvalue weighted by molar-refractivity contribution is -0.870. The van der Waals surface area contributed by atoms with Crippen molar-refractivity contribution >= 4 is 19.8 Å². The maximum atomic E-state index is 12.7. The first kappa shape index (κ1) is 56.9. The van der Waals surface area contributed by atoms with E-state index in [1.54, 1.807) is 0 Å². The van der Waals surface area contributed by atoms with Crippen LogP contribution in [-0.2, 0) is 32.7 Å². The Morgan fingerprint density at radius 1 is 0.533 bits per heavy atom. The normalized spacial score (nSPS) is 14.4. The Morgan fingerprint density at radius 3 is 1.48 bits per heavy atom. The lowest BCUT2D eigenvalue weighted by Gasteiger charge is -2.28. The fourth-order valence-corrected chi connectivity index (χ4v) is 6.25. The highest BCUT2D eigenvalue weighted by Gasteiger charge is 2.21. The summed E-state index contributed by atoms with van der Waals surface area (Å²) in [5.41, 5.74) is 0. The first-order chi connectivity index (χ1) is 29.0. The predicted molar refractivity (Wildman–Crippen MR) is 249 cm³/mol. The van der Waals surface area contributed by atoms with Crippen molar-refractivity contribution in [2.45, 2.75) is 161 Å². The van der Waals surface area contributed by atoms with E-state index in [-0.39, 0.29) is 26.1 Å². The molecule has 0 aromatic heterocycles. The fraction of sp³-hybridized carbons (Fsp3) is 0.640. The molecule has 0 N–H and O–H groups in total. The van der Waals surface area contributed by atoms with Crippen molar-refractivity contribution in [2.75, 3.05) is 47.5 Å². The summed E-state index contributed by atoms with van der Waals surface area (Å²) in [6.45, 7) is 3.99. The van der Waals surface area contributed by atoms with Gasteiger partial charge in [-0.05, 0) is 89.9 Å². The molecule has 0 saturated carbocycles. The molecule has 60 heavy (non-hydrogen) atoms. The molecule has 0 saturated heterocycles. The minimum Gasteiger partial charge on any atom is -0.756 e. The number of phosphoric ester groups is 1. The van der Waals surface area contributed by atoms with Crippen molar-refractivity contribution in [3.05, 3.63) is 97.2 Å². The molecule has 0 aliphatic heterocycles. The van der Waals surface area contributed by atoms with Crippen molar-refractivity contribution in [3.63, 3.8) is 0 Å². The highest BCUT2D eigenvalue weighted by Crippen LogP contribution is 2.38. The topological polar surface area (TPSA) is 111 Å². The number of esters is 2. The molecular weight excluding hydrogens is 774 g/mol. The van der Waals surface area contributed by atoms with Gasteiger partial charge in [-0.3, -0.25) is 14.2 Å². The van der Waals surface area contributed by atoms with Gasteiger partial charge in [0, 0.05) is 12.8 Å². The van der Waals surface area contributed by atoms with Crippen LogP contribution in [0.25, 0.3) is 0 Å². The molecule has 0 aliphatic carbocycles. The van der Waals surface area contributed by atoms with Gasteiger partial charge in [0.25, 0.3) is 7.82 Å². The molecular formula is C50H84NO8P. The number of allylic oxidation sites excluding steroid dienone is 16. The molecule has 0 fully saturated rings. The average Bonchev–Trinajstić information content (AvgIpc) is 3.20. The van der Waals surface area contributed by atoms with E-state index in [4.69, 9.17) is 18.5 Å². The molecule has 2 atom stereocenters. The van der Waals surface area contributed by atoms with Gasteiger partial charge < -0.3 is 27.9 Å². The second kappa shape index (κ2) is 41.3. The zero-order valence-electron chi connectivity index (χ0n) is 38.4. The van der Waals surface area contributed by atoms with Gasteiger partial charge >= 0.3 is 11.9 Å². The van der Waals surface area contributed by atoms with Gasteiger partial charge in [-0.15, -0.1) is 0 Å². The molecule has 0 rings (SSSR count). The first-order valence-electron chi connectivity index (χ1n) is 22.9. The van der Waals surface area contributed by atoms with Crippen LogP contribution in [0.3, 0.4) is 0 Å². The van der Waals surface area contributed by atoms with Gasteiger partial charge in [0.1, 0.15) is 19.8 Å². The van der Waals surface area contributed by atoms with E-state index in [2.05, 4.69) is 105 Å². The van der Waals surface area contributed by atoms with Gasteiger partial charge in [-0.1, -0.05) is 150 Å². The summed E-state index contributed by atoms with van der Waals surface area (Å²) in [4.78, 5) is 37.5. The number of carbonyl (C=O) groups is 2. The predicted octanol–water partition coefficient (Wildman–Crippen LogP) is 12.7. The number of unbranched alkanes of at least 4 members (excludes halogenated alkanes) is 10. The highest BCUT2D eigenvalue weighted by molar-refractivity contribution is 7.45. The Balaban J connectivity index is 4.47. The summed E-state index contributed by atoms with van der Waals surface area (Å²) in [7, 11) is 1.11. The van der Waals surface area contributed by atoms with E-state index >= 15 is 0 Å². The number of phosphoric acid groups is 1. The summed E-state index contributed by atoms with van der Waals surface area (Å²) in [6, 6.07) is 0. The van der Waals surface area contributed by atoms with Crippen LogP contribution in [0.4, 0.5) is 0 Å². The largest absolute Gasteiger partial charge is 0.756 e. The van der Waals surface area contributed by atoms with E-state index in [0.29, 0.717) is 30.3 Å². The molecule has 0 aromatic rings. The van der Waals surface area contributed by atoms with E-state index < -0.39 is 32.5 Å². The number of rotatable bonds is 40. The molecule has 0 bridgehead atoms. The summed E-state index contributed by atoms with van der Waals surface area (Å²) < 4.78 is 33.8. The van der Waals surface area contributed by atoms with Gasteiger partial charge in [-0.2, -0.15) is 0 Å². The number of hydrogen-bond donors (Lipinski definition) is 0. The molecule has 9 nitrogen and oxygen atoms in total. The van der Waals surface area contributed by atoms with Crippen LogP contribution >= 0.6 is 7.82 Å². The molecule has 0 aromatic carbocycles. The minimum absolute atomic E-state index is 0.0485. The number of hydrogen-bond acceptors (Lipinski definition) is 8. The lowest BCUT2D eigenvalue weighted by Crippen LogP contribution is -2.37. The summed E-state index contributed by atoms with van der Waals surface area (Å²) >= 11 is 0. The lowest BCUT2D eigenvalue weighted by atomic mass is 10.1. The van der Waals surface area contributed by atoms with Crippen LogP contribution in [0.15, 0.2) is 97.2 Å². The van der Waals surface area contributed by atoms with Crippen molar-refractivity contribution in [2.24, 2.45) is 0 Å². The van der Waals surface area contributed by atoms with E-state index in [0.717, 1.165) is 77.0 Å². The summed E-state index contributed by atoms with van der Waals surface area (Å²) in [6.07, 6.45) is 54.4. The summed E-state index contributed by atoms with van der Waals surface area (Å²) in [5, 5.41) is 0. The van der Waals surface area contributed by atoms with Crippen molar-refractivity contribution < 1.29 is 42.1 Å². The van der Waals surface area contributed by atoms with Gasteiger partial charge in [0.05, 0.1) is 27.7 Å². The molecule has 2 unspecified atom stereocenters. The molecule has 0 spiro atoms. The third-order valence-corrected chi connectivity index (χ3v) is 10.1. The Bertz CT molecular complexity index is 1340. The van der Waals surface area contributed by atoms with Crippen LogP contribution in [0, 0.1) is 0 Å². The second-order valence-electron chi connectivity index (χ2n) is 16.0. The van der Waals surface area contributed by atoms with Gasteiger partial charge in [0.15, 0.2) is 6.10 Å². The SMILES string of the molecule is CC/C=C\C/C=C\C/C=C\C/C=C\C/C=C\C/C=C\C/C=C\CCCC(=O)OC(COC(=O)CCCCCCC/C=C\CCCCCC)COP(=O)([O-])OCC[N+](C)(C)C. The van der Waals surface area contributed by atoms with E-state index in [1.165, 1.54) is 32.1 Å². The Kier molecular flexibility index (Phi) is 39.2. The molecule has 0 heterocycles. The number of likely N-dealkylation sites (N-methyl/N-ethyl adjacent to an activating group) is 1. The maximum Gasteiger partial charge on any atom is 0.306 e. The Hall–Kier alpha value is -3.07. The van der Waals surface area contributed by atoms with Crippen LogP contribution in [0.5, 0.6) is 0 Å². The van der Waals surface area contributed by atoms with E-state index in [9.17, 15) is 19.0 Å². The molecule has 0 radical (unpaired) electrons. The zero-order valence-corrected chi connectivity index (χ0v) is 39.3. The average molecular weight is 858 g/mol. The smallest absolute Gasteiger partial charge is 0.306 e.